The molecule has 2 aromatic rings. The van der Waals surface area contributed by atoms with Gasteiger partial charge >= 0.3 is 0 Å². The molecule has 0 radical (unpaired) electrons. The fraction of sp³-hybridized carbons (Fsp3) is 0.562. The zero-order chi connectivity index (χ0) is 14.4. The third-order valence-corrected chi connectivity index (χ3v) is 3.45. The Morgan fingerprint density at radius 3 is 2.85 bits per heavy atom. The van der Waals surface area contributed by atoms with Gasteiger partial charge in [0.2, 0.25) is 0 Å². The number of hydrogen-bond donors (Lipinski definition) is 1. The normalized spacial score (nSPS) is 12.8. The average molecular weight is 275 g/mol. The third kappa shape index (κ3) is 3.73. The second-order valence-corrected chi connectivity index (χ2v) is 5.24. The molecule has 0 fully saturated rings. The molecule has 0 aromatic carbocycles. The zero-order valence-corrected chi connectivity index (χ0v) is 12.7. The number of rotatable bonds is 8. The van der Waals surface area contributed by atoms with Crippen molar-refractivity contribution < 1.29 is 4.42 Å². The molecule has 2 aromatic heterocycles. The fourth-order valence-electron chi connectivity index (χ4n) is 2.43. The summed E-state index contributed by atoms with van der Waals surface area (Å²) in [5, 5.41) is 3.59. The Kier molecular flexibility index (Phi) is 5.41. The van der Waals surface area contributed by atoms with Crippen LogP contribution in [-0.4, -0.2) is 16.1 Å². The van der Waals surface area contributed by atoms with E-state index >= 15 is 0 Å². The Bertz CT molecular complexity index is 515. The first-order valence-electron chi connectivity index (χ1n) is 7.53. The molecule has 4 nitrogen and oxygen atoms in total. The van der Waals surface area contributed by atoms with Crippen LogP contribution in [0.2, 0.25) is 0 Å². The molecule has 0 saturated carbocycles. The van der Waals surface area contributed by atoms with Gasteiger partial charge in [-0.15, -0.1) is 0 Å². The van der Waals surface area contributed by atoms with Crippen molar-refractivity contribution in [3.63, 3.8) is 0 Å². The van der Waals surface area contributed by atoms with E-state index in [0.29, 0.717) is 0 Å². The van der Waals surface area contributed by atoms with E-state index < -0.39 is 0 Å². The van der Waals surface area contributed by atoms with Crippen molar-refractivity contribution in [2.75, 3.05) is 6.54 Å². The van der Waals surface area contributed by atoms with Crippen LogP contribution in [0.15, 0.2) is 29.1 Å². The van der Waals surface area contributed by atoms with Gasteiger partial charge in [0, 0.05) is 37.0 Å². The maximum Gasteiger partial charge on any atom is 0.110 e. The number of aryl methyl sites for hydroxylation is 2. The van der Waals surface area contributed by atoms with E-state index in [1.807, 2.05) is 19.4 Å². The maximum absolute atomic E-state index is 5.46. The Labute approximate surface area is 121 Å². The molecule has 2 rings (SSSR count). The Morgan fingerprint density at radius 1 is 1.35 bits per heavy atom. The molecule has 0 aliphatic rings. The minimum absolute atomic E-state index is 0.269. The van der Waals surface area contributed by atoms with Gasteiger partial charge in [-0.25, -0.2) is 4.98 Å². The standard InChI is InChI=1S/C16H25N3O/c1-4-6-17-15(14-10-13(3)20-12-14)11-16-18-7-9-19(16)8-5-2/h7,9-10,12,15,17H,4-6,8,11H2,1-3H3. The van der Waals surface area contributed by atoms with Crippen LogP contribution >= 0.6 is 0 Å². The number of nitrogens with one attached hydrogen (secondary N) is 1. The molecule has 20 heavy (non-hydrogen) atoms. The molecule has 0 saturated heterocycles. The van der Waals surface area contributed by atoms with E-state index in [0.717, 1.165) is 43.9 Å². The van der Waals surface area contributed by atoms with Gasteiger partial charge < -0.3 is 14.3 Å². The van der Waals surface area contributed by atoms with Crippen LogP contribution in [0.3, 0.4) is 0 Å². The monoisotopic (exact) mass is 275 g/mol. The first kappa shape index (κ1) is 14.9. The van der Waals surface area contributed by atoms with Crippen molar-refractivity contribution in [1.29, 1.82) is 0 Å². The Hall–Kier alpha value is -1.55. The number of imidazole rings is 1. The molecular weight excluding hydrogens is 250 g/mol. The topological polar surface area (TPSA) is 43.0 Å². The van der Waals surface area contributed by atoms with Gasteiger partial charge in [-0.2, -0.15) is 0 Å². The summed E-state index contributed by atoms with van der Waals surface area (Å²) in [6, 6.07) is 2.38. The highest BCUT2D eigenvalue weighted by molar-refractivity contribution is 5.18. The zero-order valence-electron chi connectivity index (χ0n) is 12.7. The molecule has 4 heteroatoms. The molecule has 0 amide bonds. The first-order chi connectivity index (χ1) is 9.74. The minimum atomic E-state index is 0.269. The Morgan fingerprint density at radius 2 is 2.20 bits per heavy atom. The summed E-state index contributed by atoms with van der Waals surface area (Å²) < 4.78 is 7.70. The summed E-state index contributed by atoms with van der Waals surface area (Å²) >= 11 is 0. The molecule has 110 valence electrons. The van der Waals surface area contributed by atoms with Crippen molar-refractivity contribution in [1.82, 2.24) is 14.9 Å². The summed E-state index contributed by atoms with van der Waals surface area (Å²) in [5.74, 6) is 2.10. The highest BCUT2D eigenvalue weighted by Crippen LogP contribution is 2.20. The van der Waals surface area contributed by atoms with Gasteiger partial charge in [0.05, 0.1) is 6.26 Å². The van der Waals surface area contributed by atoms with Gasteiger partial charge in [-0.05, 0) is 32.4 Å². The van der Waals surface area contributed by atoms with Crippen molar-refractivity contribution in [3.05, 3.63) is 41.9 Å². The minimum Gasteiger partial charge on any atom is -0.469 e. The SMILES string of the molecule is CCCNC(Cc1nccn1CCC)c1coc(C)c1. The van der Waals surface area contributed by atoms with E-state index in [9.17, 15) is 0 Å². The highest BCUT2D eigenvalue weighted by Gasteiger charge is 2.16. The van der Waals surface area contributed by atoms with Crippen molar-refractivity contribution >= 4 is 0 Å². The highest BCUT2D eigenvalue weighted by atomic mass is 16.3. The summed E-state index contributed by atoms with van der Waals surface area (Å²) in [7, 11) is 0. The lowest BCUT2D eigenvalue weighted by Crippen LogP contribution is -2.25. The molecule has 0 bridgehead atoms. The third-order valence-electron chi connectivity index (χ3n) is 3.45. The second-order valence-electron chi connectivity index (χ2n) is 5.24. The van der Waals surface area contributed by atoms with Gasteiger partial charge in [0.15, 0.2) is 0 Å². The lowest BCUT2D eigenvalue weighted by atomic mass is 10.1. The van der Waals surface area contributed by atoms with E-state index in [2.05, 4.69) is 41.0 Å². The van der Waals surface area contributed by atoms with Crippen LogP contribution < -0.4 is 5.32 Å². The van der Waals surface area contributed by atoms with E-state index in [1.54, 1.807) is 0 Å². The Balaban J connectivity index is 2.12. The summed E-state index contributed by atoms with van der Waals surface area (Å²) in [5.41, 5.74) is 1.21. The summed E-state index contributed by atoms with van der Waals surface area (Å²) in [4.78, 5) is 4.51. The van der Waals surface area contributed by atoms with Crippen LogP contribution in [-0.2, 0) is 13.0 Å². The number of aromatic nitrogens is 2. The molecular formula is C16H25N3O. The number of nitrogens with zero attached hydrogens (tertiary/aromatic N) is 2. The molecule has 1 unspecified atom stereocenters. The number of furan rings is 1. The fourth-order valence-corrected chi connectivity index (χ4v) is 2.43. The predicted molar refractivity (Wildman–Crippen MR) is 80.7 cm³/mol. The molecule has 0 aliphatic carbocycles. The van der Waals surface area contributed by atoms with Gasteiger partial charge in [-0.3, -0.25) is 0 Å². The largest absolute Gasteiger partial charge is 0.469 e. The van der Waals surface area contributed by atoms with Crippen molar-refractivity contribution in [2.45, 2.75) is 52.6 Å². The second kappa shape index (κ2) is 7.29. The molecule has 2 heterocycles. The average Bonchev–Trinajstić information content (AvgIpc) is 3.04. The van der Waals surface area contributed by atoms with Crippen LogP contribution in [0.5, 0.6) is 0 Å². The number of hydrogen-bond acceptors (Lipinski definition) is 3. The van der Waals surface area contributed by atoms with Crippen LogP contribution in [0.25, 0.3) is 0 Å². The van der Waals surface area contributed by atoms with Crippen molar-refractivity contribution in [2.24, 2.45) is 0 Å². The summed E-state index contributed by atoms with van der Waals surface area (Å²) in [6.07, 6.45) is 8.96. The summed E-state index contributed by atoms with van der Waals surface area (Å²) in [6.45, 7) is 8.39. The van der Waals surface area contributed by atoms with Crippen LogP contribution in [0.4, 0.5) is 0 Å². The maximum atomic E-state index is 5.46. The molecule has 1 atom stereocenters. The van der Waals surface area contributed by atoms with E-state index in [-0.39, 0.29) is 6.04 Å². The quantitative estimate of drug-likeness (QED) is 0.802. The van der Waals surface area contributed by atoms with E-state index in [4.69, 9.17) is 4.42 Å². The molecule has 1 N–H and O–H groups in total. The smallest absolute Gasteiger partial charge is 0.110 e. The first-order valence-corrected chi connectivity index (χ1v) is 7.53. The van der Waals surface area contributed by atoms with Crippen LogP contribution in [0, 0.1) is 6.92 Å². The molecule has 0 aliphatic heterocycles. The van der Waals surface area contributed by atoms with Gasteiger partial charge in [0.25, 0.3) is 0 Å². The van der Waals surface area contributed by atoms with Gasteiger partial charge in [-0.1, -0.05) is 13.8 Å². The van der Waals surface area contributed by atoms with E-state index in [1.165, 1.54) is 5.56 Å². The van der Waals surface area contributed by atoms with Crippen molar-refractivity contribution in [3.8, 4) is 0 Å². The lowest BCUT2D eigenvalue weighted by Gasteiger charge is -2.17. The van der Waals surface area contributed by atoms with Crippen LogP contribution in [0.1, 0.15) is 49.9 Å². The lowest BCUT2D eigenvalue weighted by molar-refractivity contribution is 0.488. The van der Waals surface area contributed by atoms with Gasteiger partial charge in [0.1, 0.15) is 11.6 Å². The predicted octanol–water partition coefficient (Wildman–Crippen LogP) is 3.48. The molecule has 0 spiro atoms.